The van der Waals surface area contributed by atoms with E-state index in [-0.39, 0.29) is 23.7 Å². The molecule has 1 spiro atoms. The van der Waals surface area contributed by atoms with Crippen LogP contribution >= 0.6 is 0 Å². The number of likely N-dealkylation sites (N-methyl/N-ethyl adjacent to an activating group) is 1. The highest BCUT2D eigenvalue weighted by molar-refractivity contribution is 5.93. The fraction of sp³-hybridized carbons (Fsp3) is 0.545. The lowest BCUT2D eigenvalue weighted by Gasteiger charge is -2.34. The van der Waals surface area contributed by atoms with Crippen molar-refractivity contribution in [3.8, 4) is 0 Å². The number of hydrogen-bond acceptors (Lipinski definition) is 3. The Morgan fingerprint density at radius 1 is 1.29 bits per heavy atom. The first-order valence-corrected chi connectivity index (χ1v) is 10.2. The molecule has 0 unspecified atom stereocenters. The molecule has 0 radical (unpaired) electrons. The number of carbonyl (C=O) groups excluding carboxylic acids is 2. The predicted octanol–water partition coefficient (Wildman–Crippen LogP) is 2.51. The Kier molecular flexibility index (Phi) is 3.92. The van der Waals surface area contributed by atoms with Crippen molar-refractivity contribution < 1.29 is 18.7 Å². The Bertz CT molecular complexity index is 846. The van der Waals surface area contributed by atoms with Crippen LogP contribution in [0.5, 0.6) is 0 Å². The number of rotatable bonds is 4. The van der Waals surface area contributed by atoms with Crippen LogP contribution < -0.4 is 5.32 Å². The highest BCUT2D eigenvalue weighted by atomic mass is 19.1. The van der Waals surface area contributed by atoms with E-state index in [2.05, 4.69) is 5.32 Å². The van der Waals surface area contributed by atoms with Crippen molar-refractivity contribution in [3.05, 3.63) is 47.8 Å². The molecule has 4 atom stereocenters. The minimum absolute atomic E-state index is 0.0109. The first-order valence-electron chi connectivity index (χ1n) is 10.2. The molecular weight excluding hydrogens is 359 g/mol. The predicted molar refractivity (Wildman–Crippen MR) is 101 cm³/mol. The van der Waals surface area contributed by atoms with Gasteiger partial charge in [-0.3, -0.25) is 9.59 Å². The van der Waals surface area contributed by atoms with Crippen molar-refractivity contribution >= 4 is 11.8 Å². The number of fused-ring (bicyclic) bond motifs is 1. The lowest BCUT2D eigenvalue weighted by Crippen LogP contribution is -2.51. The maximum absolute atomic E-state index is 13.4. The highest BCUT2D eigenvalue weighted by Gasteiger charge is 2.66. The van der Waals surface area contributed by atoms with Crippen LogP contribution in [-0.4, -0.2) is 41.5 Å². The molecule has 6 heteroatoms. The molecule has 1 saturated carbocycles. The second-order valence-corrected chi connectivity index (χ2v) is 8.54. The third kappa shape index (κ3) is 2.40. The van der Waals surface area contributed by atoms with E-state index in [9.17, 15) is 14.0 Å². The van der Waals surface area contributed by atoms with Crippen molar-refractivity contribution in [2.75, 3.05) is 13.1 Å². The van der Waals surface area contributed by atoms with Crippen molar-refractivity contribution in [3.63, 3.8) is 0 Å². The van der Waals surface area contributed by atoms with E-state index in [4.69, 9.17) is 4.74 Å². The molecule has 5 nitrogen and oxygen atoms in total. The topological polar surface area (TPSA) is 58.6 Å². The fourth-order valence-corrected chi connectivity index (χ4v) is 5.70. The van der Waals surface area contributed by atoms with E-state index in [1.165, 1.54) is 12.1 Å². The van der Waals surface area contributed by atoms with Crippen molar-refractivity contribution in [2.45, 2.75) is 49.9 Å². The van der Waals surface area contributed by atoms with Gasteiger partial charge in [0.1, 0.15) is 11.4 Å². The zero-order chi connectivity index (χ0) is 19.5. The number of carbonyl (C=O) groups is 2. The maximum Gasteiger partial charge on any atom is 0.230 e. The van der Waals surface area contributed by atoms with E-state index in [1.54, 1.807) is 17.0 Å². The van der Waals surface area contributed by atoms with E-state index < -0.39 is 23.0 Å². The number of benzene rings is 1. The number of halogens is 1. The number of ether oxygens (including phenoxy) is 1. The molecular formula is C22H25FN2O3. The average molecular weight is 384 g/mol. The molecule has 3 aliphatic heterocycles. The van der Waals surface area contributed by atoms with Crippen LogP contribution in [0.1, 0.15) is 38.2 Å². The molecule has 148 valence electrons. The van der Waals surface area contributed by atoms with Gasteiger partial charge in [-0.05, 0) is 37.5 Å². The monoisotopic (exact) mass is 384 g/mol. The summed E-state index contributed by atoms with van der Waals surface area (Å²) in [5.41, 5.74) is -0.212. The van der Waals surface area contributed by atoms with Crippen LogP contribution in [0.15, 0.2) is 36.4 Å². The molecule has 5 rings (SSSR count). The Balaban J connectivity index is 1.44. The molecule has 28 heavy (non-hydrogen) atoms. The molecule has 1 aromatic rings. The SMILES string of the molecule is CCN1C[C@@]23C=C[C@H](O2)[C@H](C(=O)NC2(c4ccc(F)cc4)CCCC2)[C@@H]3C1=O. The molecule has 2 amide bonds. The molecule has 1 N–H and O–H groups in total. The van der Waals surface area contributed by atoms with E-state index >= 15 is 0 Å². The fourth-order valence-electron chi connectivity index (χ4n) is 5.70. The number of likely N-dealkylation sites (tertiary alicyclic amines) is 1. The second kappa shape index (κ2) is 6.14. The minimum atomic E-state index is -0.654. The minimum Gasteiger partial charge on any atom is -0.360 e. The van der Waals surface area contributed by atoms with Gasteiger partial charge in [0.2, 0.25) is 11.8 Å². The van der Waals surface area contributed by atoms with Gasteiger partial charge >= 0.3 is 0 Å². The number of nitrogens with zero attached hydrogens (tertiary/aromatic N) is 1. The molecule has 0 aromatic heterocycles. The van der Waals surface area contributed by atoms with Gasteiger partial charge in [-0.15, -0.1) is 0 Å². The normalized spacial score (nSPS) is 34.9. The summed E-state index contributed by atoms with van der Waals surface area (Å²) < 4.78 is 19.6. The summed E-state index contributed by atoms with van der Waals surface area (Å²) in [6.45, 7) is 3.09. The molecule has 2 bridgehead atoms. The van der Waals surface area contributed by atoms with Gasteiger partial charge in [0.15, 0.2) is 0 Å². The van der Waals surface area contributed by atoms with Crippen molar-refractivity contribution in [2.24, 2.45) is 11.8 Å². The molecule has 4 aliphatic rings. The van der Waals surface area contributed by atoms with Gasteiger partial charge in [0.05, 0.1) is 30.0 Å². The summed E-state index contributed by atoms with van der Waals surface area (Å²) in [5.74, 6) is -1.36. The summed E-state index contributed by atoms with van der Waals surface area (Å²) in [5, 5.41) is 3.27. The largest absolute Gasteiger partial charge is 0.360 e. The summed E-state index contributed by atoms with van der Waals surface area (Å²) in [7, 11) is 0. The molecule has 1 aliphatic carbocycles. The summed E-state index contributed by atoms with van der Waals surface area (Å²) in [6, 6.07) is 6.41. The third-order valence-electron chi connectivity index (χ3n) is 7.08. The van der Waals surface area contributed by atoms with Crippen LogP contribution in [0.2, 0.25) is 0 Å². The summed E-state index contributed by atoms with van der Waals surface area (Å²) in [4.78, 5) is 28.2. The standard InChI is InChI=1S/C22H25FN2O3/c1-2-25-13-22-12-9-16(28-22)17(18(22)20(25)27)19(26)24-21(10-3-4-11-21)14-5-7-15(23)8-6-14/h5-9,12,16-18H,2-4,10-11,13H2,1H3,(H,24,26)/t16-,17-,18+,22+/m0/s1. The van der Waals surface area contributed by atoms with Crippen molar-refractivity contribution in [1.82, 2.24) is 10.2 Å². The van der Waals surface area contributed by atoms with Crippen molar-refractivity contribution in [1.29, 1.82) is 0 Å². The zero-order valence-electron chi connectivity index (χ0n) is 16.0. The number of hydrogen-bond donors (Lipinski definition) is 1. The Labute approximate surface area is 163 Å². The quantitative estimate of drug-likeness (QED) is 0.812. The van der Waals surface area contributed by atoms with Gasteiger partial charge in [-0.1, -0.05) is 37.1 Å². The average Bonchev–Trinajstić information content (AvgIpc) is 3.44. The van der Waals surface area contributed by atoms with Crippen LogP contribution in [-0.2, 0) is 19.9 Å². The number of amides is 2. The Morgan fingerprint density at radius 2 is 2.00 bits per heavy atom. The van der Waals surface area contributed by atoms with Gasteiger partial charge in [-0.2, -0.15) is 0 Å². The second-order valence-electron chi connectivity index (χ2n) is 8.54. The van der Waals surface area contributed by atoms with Crippen LogP contribution in [0.4, 0.5) is 4.39 Å². The van der Waals surface area contributed by atoms with E-state index in [0.717, 1.165) is 31.2 Å². The first kappa shape index (κ1) is 17.9. The molecule has 1 aromatic carbocycles. The molecule has 3 heterocycles. The highest BCUT2D eigenvalue weighted by Crippen LogP contribution is 2.52. The smallest absolute Gasteiger partial charge is 0.230 e. The Hall–Kier alpha value is -2.21. The third-order valence-corrected chi connectivity index (χ3v) is 7.08. The van der Waals surface area contributed by atoms with Gasteiger partial charge < -0.3 is 15.0 Å². The van der Waals surface area contributed by atoms with Crippen LogP contribution in [0.25, 0.3) is 0 Å². The Morgan fingerprint density at radius 3 is 2.68 bits per heavy atom. The van der Waals surface area contributed by atoms with Gasteiger partial charge in [0.25, 0.3) is 0 Å². The first-order chi connectivity index (χ1) is 13.5. The van der Waals surface area contributed by atoms with Crippen LogP contribution in [0.3, 0.4) is 0 Å². The van der Waals surface area contributed by atoms with E-state index in [1.807, 2.05) is 19.1 Å². The maximum atomic E-state index is 13.4. The molecule has 3 fully saturated rings. The molecule has 2 saturated heterocycles. The summed E-state index contributed by atoms with van der Waals surface area (Å²) in [6.07, 6.45) is 7.24. The van der Waals surface area contributed by atoms with Crippen LogP contribution in [0, 0.1) is 17.7 Å². The zero-order valence-corrected chi connectivity index (χ0v) is 16.0. The summed E-state index contributed by atoms with van der Waals surface area (Å²) >= 11 is 0. The van der Waals surface area contributed by atoms with E-state index in [0.29, 0.717) is 13.1 Å². The lowest BCUT2D eigenvalue weighted by atomic mass is 9.76. The van der Waals surface area contributed by atoms with Gasteiger partial charge in [-0.25, -0.2) is 4.39 Å². The number of nitrogens with one attached hydrogen (secondary N) is 1. The van der Waals surface area contributed by atoms with Gasteiger partial charge in [0, 0.05) is 6.54 Å². The lowest BCUT2D eigenvalue weighted by molar-refractivity contribution is -0.138.